The average molecular weight is 140 g/mol. The average Bonchev–Trinajstić information content (AvgIpc) is 1.85. The summed E-state index contributed by atoms with van der Waals surface area (Å²) in [5.41, 5.74) is 1.16. The maximum atomic E-state index is 3.83. The molecule has 0 aliphatic heterocycles. The minimum atomic E-state index is 1.05. The Balaban J connectivity index is 3.49. The van der Waals surface area contributed by atoms with Gasteiger partial charge in [0, 0.05) is 0 Å². The first kappa shape index (κ1) is 8.65. The Morgan fingerprint density at radius 1 is 1.56 bits per heavy atom. The van der Waals surface area contributed by atoms with E-state index in [1.165, 1.54) is 0 Å². The third-order valence-electron chi connectivity index (χ3n) is 0.933. The number of hydrogen-bond donors (Lipinski definition) is 0. The Morgan fingerprint density at radius 2 is 2.22 bits per heavy atom. The summed E-state index contributed by atoms with van der Waals surface area (Å²) in [6, 6.07) is 0. The molecule has 0 aliphatic carbocycles. The Hall–Kier alpha value is -0.350. The Morgan fingerprint density at radius 3 is 2.67 bits per heavy atom. The minimum absolute atomic E-state index is 1.05. The topological polar surface area (TPSA) is 0 Å². The predicted octanol–water partition coefficient (Wildman–Crippen LogP) is 2.55. The first-order valence-corrected chi connectivity index (χ1v) is 3.80. The van der Waals surface area contributed by atoms with Gasteiger partial charge in [-0.05, 0) is 12.6 Å². The lowest BCUT2D eigenvalue weighted by Crippen LogP contribution is -1.74. The molecule has 0 amide bonds. The highest BCUT2D eigenvalue weighted by Crippen LogP contribution is 2.01. The molecule has 0 fully saturated rings. The van der Waals surface area contributed by atoms with Crippen molar-refractivity contribution in [2.75, 3.05) is 6.16 Å². The molecule has 0 saturated carbocycles. The summed E-state index contributed by atoms with van der Waals surface area (Å²) in [6.07, 6.45) is 7.78. The second-order valence-electron chi connectivity index (χ2n) is 1.79. The van der Waals surface area contributed by atoms with Gasteiger partial charge >= 0.3 is 0 Å². The lowest BCUT2D eigenvalue weighted by atomic mass is 10.2. The fourth-order valence-corrected chi connectivity index (χ4v) is 0.844. The molecule has 0 spiro atoms. The molecule has 1 heteroatoms. The van der Waals surface area contributed by atoms with Gasteiger partial charge in [0.1, 0.15) is 0 Å². The molecule has 0 aromatic heterocycles. The molecule has 1 unspecified atom stereocenters. The van der Waals surface area contributed by atoms with Crippen molar-refractivity contribution < 1.29 is 0 Å². The SMILES string of the molecule is C=C/C=C\C(=C)CCP. The van der Waals surface area contributed by atoms with Crippen LogP contribution in [0.1, 0.15) is 6.42 Å². The highest BCUT2D eigenvalue weighted by atomic mass is 31.0. The van der Waals surface area contributed by atoms with Crippen molar-refractivity contribution in [3.05, 3.63) is 37.0 Å². The van der Waals surface area contributed by atoms with Gasteiger partial charge in [0.25, 0.3) is 0 Å². The molecule has 0 aromatic carbocycles. The van der Waals surface area contributed by atoms with E-state index in [1.54, 1.807) is 6.08 Å². The van der Waals surface area contributed by atoms with Gasteiger partial charge in [-0.25, -0.2) is 0 Å². The van der Waals surface area contributed by atoms with Crippen molar-refractivity contribution in [3.8, 4) is 0 Å². The molecule has 0 heterocycles. The van der Waals surface area contributed by atoms with Gasteiger partial charge in [-0.2, -0.15) is 0 Å². The molecule has 0 nitrogen and oxygen atoms in total. The van der Waals surface area contributed by atoms with Gasteiger partial charge in [0.05, 0.1) is 0 Å². The summed E-state index contributed by atoms with van der Waals surface area (Å²) in [5.74, 6) is 0. The second-order valence-corrected chi connectivity index (χ2v) is 2.37. The van der Waals surface area contributed by atoms with E-state index in [-0.39, 0.29) is 0 Å². The van der Waals surface area contributed by atoms with Gasteiger partial charge in [-0.15, -0.1) is 9.24 Å². The van der Waals surface area contributed by atoms with Crippen molar-refractivity contribution in [1.82, 2.24) is 0 Å². The monoisotopic (exact) mass is 140 g/mol. The minimum Gasteiger partial charge on any atom is -0.137 e. The standard InChI is InChI=1S/C8H13P/c1-3-4-5-8(2)6-7-9/h3-5H,1-2,6-7,9H2/b5-4-. The fourth-order valence-electron chi connectivity index (χ4n) is 0.473. The van der Waals surface area contributed by atoms with E-state index in [0.717, 1.165) is 18.2 Å². The number of hydrogen-bond acceptors (Lipinski definition) is 0. The summed E-state index contributed by atoms with van der Waals surface area (Å²) in [5, 5.41) is 0. The molecule has 0 saturated heterocycles. The molecule has 0 radical (unpaired) electrons. The first-order valence-electron chi connectivity index (χ1n) is 2.98. The van der Waals surface area contributed by atoms with Crippen LogP contribution in [0.25, 0.3) is 0 Å². The summed E-state index contributed by atoms with van der Waals surface area (Å²) >= 11 is 0. The molecule has 0 aliphatic rings. The molecule has 0 bridgehead atoms. The first-order chi connectivity index (χ1) is 4.31. The largest absolute Gasteiger partial charge is 0.137 e. The van der Waals surface area contributed by atoms with Crippen LogP contribution in [0.15, 0.2) is 37.0 Å². The summed E-state index contributed by atoms with van der Waals surface area (Å²) in [7, 11) is 2.67. The summed E-state index contributed by atoms with van der Waals surface area (Å²) < 4.78 is 0. The van der Waals surface area contributed by atoms with Crippen LogP contribution in [0, 0.1) is 0 Å². The van der Waals surface area contributed by atoms with Crippen LogP contribution in [0.4, 0.5) is 0 Å². The van der Waals surface area contributed by atoms with E-state index in [1.807, 2.05) is 12.2 Å². The van der Waals surface area contributed by atoms with Crippen molar-refractivity contribution in [3.63, 3.8) is 0 Å². The molecule has 0 rings (SSSR count). The molecular weight excluding hydrogens is 127 g/mol. The third kappa shape index (κ3) is 5.52. The molecular formula is C8H13P. The maximum absolute atomic E-state index is 3.83. The Kier molecular flexibility index (Phi) is 5.56. The second kappa shape index (κ2) is 5.78. The van der Waals surface area contributed by atoms with Crippen LogP contribution in [0.3, 0.4) is 0 Å². The van der Waals surface area contributed by atoms with Crippen molar-refractivity contribution >= 4 is 9.24 Å². The van der Waals surface area contributed by atoms with E-state index < -0.39 is 0 Å². The van der Waals surface area contributed by atoms with Gasteiger partial charge in [0.2, 0.25) is 0 Å². The molecule has 0 aromatic rings. The van der Waals surface area contributed by atoms with Crippen LogP contribution in [-0.4, -0.2) is 6.16 Å². The van der Waals surface area contributed by atoms with Crippen LogP contribution in [0.5, 0.6) is 0 Å². The quantitative estimate of drug-likeness (QED) is 0.416. The van der Waals surface area contributed by atoms with Crippen LogP contribution < -0.4 is 0 Å². The highest BCUT2D eigenvalue weighted by molar-refractivity contribution is 7.16. The van der Waals surface area contributed by atoms with Gasteiger partial charge in [-0.1, -0.05) is 37.0 Å². The molecule has 50 valence electrons. The van der Waals surface area contributed by atoms with Gasteiger partial charge < -0.3 is 0 Å². The Bertz CT molecular complexity index is 123. The third-order valence-corrected chi connectivity index (χ3v) is 1.22. The van der Waals surface area contributed by atoms with Crippen LogP contribution in [0.2, 0.25) is 0 Å². The number of allylic oxidation sites excluding steroid dienone is 4. The van der Waals surface area contributed by atoms with E-state index >= 15 is 0 Å². The van der Waals surface area contributed by atoms with Crippen molar-refractivity contribution in [2.24, 2.45) is 0 Å². The van der Waals surface area contributed by atoms with E-state index in [9.17, 15) is 0 Å². The molecule has 9 heavy (non-hydrogen) atoms. The maximum Gasteiger partial charge on any atom is -0.0250 e. The van der Waals surface area contributed by atoms with Gasteiger partial charge in [-0.3, -0.25) is 0 Å². The highest BCUT2D eigenvalue weighted by Gasteiger charge is 1.81. The van der Waals surface area contributed by atoms with Crippen molar-refractivity contribution in [2.45, 2.75) is 6.42 Å². The fraction of sp³-hybridized carbons (Fsp3) is 0.250. The van der Waals surface area contributed by atoms with Crippen LogP contribution >= 0.6 is 9.24 Å². The predicted molar refractivity (Wildman–Crippen MR) is 47.7 cm³/mol. The lowest BCUT2D eigenvalue weighted by molar-refractivity contribution is 1.18. The smallest absolute Gasteiger partial charge is 0.0250 e. The van der Waals surface area contributed by atoms with E-state index in [0.29, 0.717) is 0 Å². The number of rotatable bonds is 4. The zero-order valence-corrected chi connectivity index (χ0v) is 6.79. The van der Waals surface area contributed by atoms with E-state index in [4.69, 9.17) is 0 Å². The Labute approximate surface area is 59.6 Å². The summed E-state index contributed by atoms with van der Waals surface area (Å²) in [4.78, 5) is 0. The molecule has 0 N–H and O–H groups in total. The van der Waals surface area contributed by atoms with Gasteiger partial charge in [0.15, 0.2) is 0 Å². The van der Waals surface area contributed by atoms with E-state index in [2.05, 4.69) is 22.4 Å². The zero-order valence-electron chi connectivity index (χ0n) is 5.64. The lowest BCUT2D eigenvalue weighted by Gasteiger charge is -1.91. The van der Waals surface area contributed by atoms with Crippen LogP contribution in [-0.2, 0) is 0 Å². The normalized spacial score (nSPS) is 9.89. The zero-order chi connectivity index (χ0) is 7.11. The van der Waals surface area contributed by atoms with Crippen molar-refractivity contribution in [1.29, 1.82) is 0 Å². The molecule has 1 atom stereocenters. The summed E-state index contributed by atoms with van der Waals surface area (Å²) in [6.45, 7) is 7.39.